The van der Waals surface area contributed by atoms with E-state index in [-0.39, 0.29) is 0 Å². The Kier molecular flexibility index (Phi) is 6.62. The van der Waals surface area contributed by atoms with Crippen molar-refractivity contribution in [3.05, 3.63) is 0 Å². The average Bonchev–Trinajstić information content (AvgIpc) is 2.41. The minimum Gasteiger partial charge on any atom is -0.381 e. The first-order valence-corrected chi connectivity index (χ1v) is 8.20. The van der Waals surface area contributed by atoms with Gasteiger partial charge in [-0.3, -0.25) is 0 Å². The second-order valence-corrected chi connectivity index (χ2v) is 6.46. The number of nitrogens with one attached hydrogen (secondary N) is 1. The molecule has 0 atom stereocenters. The van der Waals surface area contributed by atoms with Crippen LogP contribution in [0.3, 0.4) is 0 Å². The lowest BCUT2D eigenvalue weighted by molar-refractivity contribution is -0.0163. The normalized spacial score (nSPS) is 29.8. The highest BCUT2D eigenvalue weighted by atomic mass is 16.5. The largest absolute Gasteiger partial charge is 0.381 e. The van der Waals surface area contributed by atoms with E-state index in [0.29, 0.717) is 12.2 Å². The second kappa shape index (κ2) is 8.23. The lowest BCUT2D eigenvalue weighted by Crippen LogP contribution is -2.37. The summed E-state index contributed by atoms with van der Waals surface area (Å²) in [6.45, 7) is 7.41. The molecular formula is C16H31NO2. The number of hydrogen-bond acceptors (Lipinski definition) is 3. The first-order valence-electron chi connectivity index (χ1n) is 8.20. The Balaban J connectivity index is 1.53. The maximum atomic E-state index is 5.90. The highest BCUT2D eigenvalue weighted by Crippen LogP contribution is 2.23. The summed E-state index contributed by atoms with van der Waals surface area (Å²) in [6.07, 6.45) is 9.76. The summed E-state index contributed by atoms with van der Waals surface area (Å²) >= 11 is 0. The van der Waals surface area contributed by atoms with Crippen LogP contribution in [0.25, 0.3) is 0 Å². The van der Waals surface area contributed by atoms with Crippen molar-refractivity contribution in [1.82, 2.24) is 5.32 Å². The standard InChI is InChI=1S/C16H31NO2/c1-13(2)19-16-5-3-15(4-6-16)17-10-7-14-8-11-18-12-9-14/h13-17H,3-12H2,1-2H3. The molecule has 1 saturated heterocycles. The fraction of sp³-hybridized carbons (Fsp3) is 1.00. The summed E-state index contributed by atoms with van der Waals surface area (Å²) in [4.78, 5) is 0. The van der Waals surface area contributed by atoms with Gasteiger partial charge in [0.2, 0.25) is 0 Å². The van der Waals surface area contributed by atoms with Gasteiger partial charge in [0.15, 0.2) is 0 Å². The maximum Gasteiger partial charge on any atom is 0.0579 e. The van der Waals surface area contributed by atoms with E-state index in [1.165, 1.54) is 51.5 Å². The van der Waals surface area contributed by atoms with Crippen molar-refractivity contribution in [2.75, 3.05) is 19.8 Å². The van der Waals surface area contributed by atoms with Gasteiger partial charge in [0.05, 0.1) is 12.2 Å². The summed E-state index contributed by atoms with van der Waals surface area (Å²) in [5, 5.41) is 3.75. The van der Waals surface area contributed by atoms with Gasteiger partial charge in [-0.15, -0.1) is 0 Å². The number of hydrogen-bond donors (Lipinski definition) is 1. The van der Waals surface area contributed by atoms with E-state index in [0.717, 1.165) is 25.2 Å². The predicted octanol–water partition coefficient (Wildman–Crippen LogP) is 3.13. The van der Waals surface area contributed by atoms with E-state index in [1.807, 2.05) is 0 Å². The van der Waals surface area contributed by atoms with E-state index in [9.17, 15) is 0 Å². The van der Waals surface area contributed by atoms with Crippen LogP contribution in [-0.4, -0.2) is 38.0 Å². The fourth-order valence-electron chi connectivity index (χ4n) is 3.31. The molecule has 2 fully saturated rings. The Morgan fingerprint density at radius 3 is 2.37 bits per heavy atom. The third kappa shape index (κ3) is 5.80. The van der Waals surface area contributed by atoms with Crippen molar-refractivity contribution in [2.24, 2.45) is 5.92 Å². The molecule has 1 heterocycles. The SMILES string of the molecule is CC(C)OC1CCC(NCCC2CCOCC2)CC1. The van der Waals surface area contributed by atoms with Crippen LogP contribution in [0.2, 0.25) is 0 Å². The Bertz CT molecular complexity index is 231. The molecule has 1 aliphatic carbocycles. The molecule has 1 saturated carbocycles. The molecule has 0 unspecified atom stereocenters. The van der Waals surface area contributed by atoms with Gasteiger partial charge in [-0.25, -0.2) is 0 Å². The van der Waals surface area contributed by atoms with E-state index < -0.39 is 0 Å². The van der Waals surface area contributed by atoms with E-state index in [4.69, 9.17) is 9.47 Å². The van der Waals surface area contributed by atoms with Gasteiger partial charge in [0.1, 0.15) is 0 Å². The van der Waals surface area contributed by atoms with Crippen LogP contribution < -0.4 is 5.32 Å². The van der Waals surface area contributed by atoms with E-state index >= 15 is 0 Å². The van der Waals surface area contributed by atoms with Crippen molar-refractivity contribution in [3.8, 4) is 0 Å². The molecule has 1 aliphatic heterocycles. The number of rotatable bonds is 6. The minimum atomic E-state index is 0.378. The highest BCUT2D eigenvalue weighted by Gasteiger charge is 2.22. The third-order valence-electron chi connectivity index (χ3n) is 4.47. The van der Waals surface area contributed by atoms with Crippen LogP contribution in [-0.2, 0) is 9.47 Å². The van der Waals surface area contributed by atoms with Gasteiger partial charge in [-0.1, -0.05) is 0 Å². The predicted molar refractivity (Wildman–Crippen MR) is 78.4 cm³/mol. The molecule has 1 N–H and O–H groups in total. The van der Waals surface area contributed by atoms with Crippen LogP contribution in [0.1, 0.15) is 58.8 Å². The topological polar surface area (TPSA) is 30.5 Å². The van der Waals surface area contributed by atoms with Gasteiger partial charge < -0.3 is 14.8 Å². The summed E-state index contributed by atoms with van der Waals surface area (Å²) in [6, 6.07) is 0.729. The quantitative estimate of drug-likeness (QED) is 0.803. The summed E-state index contributed by atoms with van der Waals surface area (Å²) < 4.78 is 11.3. The Hall–Kier alpha value is -0.120. The molecule has 19 heavy (non-hydrogen) atoms. The maximum absolute atomic E-state index is 5.90. The van der Waals surface area contributed by atoms with Gasteiger partial charge >= 0.3 is 0 Å². The summed E-state index contributed by atoms with van der Waals surface area (Å²) in [5.74, 6) is 0.891. The van der Waals surface area contributed by atoms with Crippen molar-refractivity contribution in [1.29, 1.82) is 0 Å². The Labute approximate surface area is 118 Å². The lowest BCUT2D eigenvalue weighted by atomic mass is 9.92. The molecule has 3 nitrogen and oxygen atoms in total. The van der Waals surface area contributed by atoms with Crippen molar-refractivity contribution in [3.63, 3.8) is 0 Å². The molecule has 0 aromatic heterocycles. The van der Waals surface area contributed by atoms with Crippen molar-refractivity contribution < 1.29 is 9.47 Å². The fourth-order valence-corrected chi connectivity index (χ4v) is 3.31. The van der Waals surface area contributed by atoms with E-state index in [1.54, 1.807) is 0 Å². The van der Waals surface area contributed by atoms with Crippen molar-refractivity contribution in [2.45, 2.75) is 77.0 Å². The molecule has 112 valence electrons. The molecule has 2 aliphatic rings. The second-order valence-electron chi connectivity index (χ2n) is 6.46. The smallest absolute Gasteiger partial charge is 0.0579 e. The molecule has 0 spiro atoms. The highest BCUT2D eigenvalue weighted by molar-refractivity contribution is 4.78. The first-order chi connectivity index (χ1) is 9.24. The van der Waals surface area contributed by atoms with Crippen LogP contribution >= 0.6 is 0 Å². The van der Waals surface area contributed by atoms with Crippen LogP contribution in [0, 0.1) is 5.92 Å². The molecule has 0 amide bonds. The zero-order valence-electron chi connectivity index (χ0n) is 12.7. The molecule has 0 bridgehead atoms. The molecule has 2 rings (SSSR count). The summed E-state index contributed by atoms with van der Waals surface area (Å²) in [7, 11) is 0. The monoisotopic (exact) mass is 269 g/mol. The number of ether oxygens (including phenoxy) is 2. The van der Waals surface area contributed by atoms with Gasteiger partial charge in [0.25, 0.3) is 0 Å². The zero-order valence-corrected chi connectivity index (χ0v) is 12.7. The Morgan fingerprint density at radius 1 is 1.05 bits per heavy atom. The van der Waals surface area contributed by atoms with Crippen LogP contribution in [0.5, 0.6) is 0 Å². The zero-order chi connectivity index (χ0) is 13.5. The summed E-state index contributed by atoms with van der Waals surface area (Å²) in [5.41, 5.74) is 0. The Morgan fingerprint density at radius 2 is 1.74 bits per heavy atom. The molecule has 0 radical (unpaired) electrons. The molecule has 0 aromatic carbocycles. The molecular weight excluding hydrogens is 238 g/mol. The van der Waals surface area contributed by atoms with Crippen LogP contribution in [0.15, 0.2) is 0 Å². The lowest BCUT2D eigenvalue weighted by Gasteiger charge is -2.31. The van der Waals surface area contributed by atoms with Crippen LogP contribution in [0.4, 0.5) is 0 Å². The van der Waals surface area contributed by atoms with Crippen molar-refractivity contribution >= 4 is 0 Å². The average molecular weight is 269 g/mol. The minimum absolute atomic E-state index is 0.378. The van der Waals surface area contributed by atoms with Gasteiger partial charge in [-0.05, 0) is 71.3 Å². The van der Waals surface area contributed by atoms with Gasteiger partial charge in [0, 0.05) is 19.3 Å². The first kappa shape index (κ1) is 15.3. The van der Waals surface area contributed by atoms with Gasteiger partial charge in [-0.2, -0.15) is 0 Å². The molecule has 3 heteroatoms. The van der Waals surface area contributed by atoms with E-state index in [2.05, 4.69) is 19.2 Å². The molecule has 0 aromatic rings. The third-order valence-corrected chi connectivity index (χ3v) is 4.47.